The van der Waals surface area contributed by atoms with Gasteiger partial charge < -0.3 is 99.4 Å². The van der Waals surface area contributed by atoms with Gasteiger partial charge in [0.25, 0.3) is 0 Å². The molecule has 40 heavy (non-hydrogen) atoms. The topological polar surface area (TPSA) is 81.2 Å². The number of hydrogen-bond donors (Lipinski definition) is 0. The average Bonchev–Trinajstić information content (AvgIpc) is 2.80. The van der Waals surface area contributed by atoms with Crippen molar-refractivity contribution in [2.45, 2.75) is 53.4 Å². The summed E-state index contributed by atoms with van der Waals surface area (Å²) in [7, 11) is 0. The van der Waals surface area contributed by atoms with Gasteiger partial charge >= 0.3 is 34.1 Å². The first-order valence-electron chi connectivity index (χ1n) is 10.8. The third kappa shape index (κ3) is 7.51. The predicted octanol–water partition coefficient (Wildman–Crippen LogP) is 2.82. The van der Waals surface area contributed by atoms with Crippen molar-refractivity contribution in [2.24, 2.45) is 10.8 Å². The standard InChI is InChI=1S/2C10H12N2O2S5.2Cu/c2*1-3-10(4-2)5(13)11(8(16)17)7(15)12(6(10)14)9(18)19;;/h2*3-4H2,1-2H3,(H,16,17)(H,18,19);;/q;;2*+2/p-4. The first-order chi connectivity index (χ1) is 17.5. The molecule has 0 spiro atoms. The molecule has 0 aliphatic carbocycles. The van der Waals surface area contributed by atoms with Gasteiger partial charge in [-0.15, -0.1) is 0 Å². The Balaban J connectivity index is 0. The predicted molar refractivity (Wildman–Crippen MR) is 178 cm³/mol. The van der Waals surface area contributed by atoms with Crippen molar-refractivity contribution < 1.29 is 53.3 Å². The maximum absolute atomic E-state index is 12.5. The normalized spacial score (nSPS) is 17.8. The summed E-state index contributed by atoms with van der Waals surface area (Å²) in [6.45, 7) is 6.96. The monoisotopic (exact) mass is 826 g/mol. The fourth-order valence-electron chi connectivity index (χ4n) is 3.94. The summed E-state index contributed by atoms with van der Waals surface area (Å²) in [4.78, 5) is 54.0. The molecule has 2 heterocycles. The molecule has 0 atom stereocenters. The van der Waals surface area contributed by atoms with Crippen LogP contribution in [0.2, 0.25) is 0 Å². The van der Waals surface area contributed by atoms with Gasteiger partial charge in [-0.3, -0.25) is 38.8 Å². The van der Waals surface area contributed by atoms with Crippen molar-refractivity contribution in [2.75, 3.05) is 0 Å². The number of carbonyl (C=O) groups is 4. The Morgan fingerprint density at radius 3 is 0.775 bits per heavy atom. The molecule has 2 fully saturated rings. The molecular formula is C20H20Cu2N4O4S10. The molecule has 2 aliphatic heterocycles. The largest absolute Gasteiger partial charge is 2.00 e. The summed E-state index contributed by atoms with van der Waals surface area (Å²) in [6.07, 6.45) is 1.19. The van der Waals surface area contributed by atoms with Crippen molar-refractivity contribution in [3.05, 3.63) is 0 Å². The fraction of sp³-hybridized carbons (Fsp3) is 0.500. The van der Waals surface area contributed by atoms with Crippen LogP contribution in [0.5, 0.6) is 0 Å². The third-order valence-corrected chi connectivity index (χ3v) is 8.55. The van der Waals surface area contributed by atoms with Crippen LogP contribution in [-0.2, 0) is 104 Å². The van der Waals surface area contributed by atoms with Crippen LogP contribution >= 0.6 is 73.3 Å². The molecule has 0 aromatic rings. The van der Waals surface area contributed by atoms with Gasteiger partial charge in [0, 0.05) is 0 Å². The zero-order valence-corrected chi connectivity index (χ0v) is 31.0. The van der Waals surface area contributed by atoms with Gasteiger partial charge in [0.05, 0.1) is 0 Å². The summed E-state index contributed by atoms with van der Waals surface area (Å²) < 4.78 is -0.537. The van der Waals surface area contributed by atoms with E-state index in [1.165, 1.54) is 0 Å². The quantitative estimate of drug-likeness (QED) is 0.181. The molecule has 226 valence electrons. The zero-order chi connectivity index (χ0) is 29.9. The minimum absolute atomic E-state index is 0. The summed E-state index contributed by atoms with van der Waals surface area (Å²) in [5, 5.41) is -0.292. The summed E-state index contributed by atoms with van der Waals surface area (Å²) in [6, 6.07) is 0. The van der Waals surface area contributed by atoms with Crippen LogP contribution in [0.3, 0.4) is 0 Å². The first kappa shape index (κ1) is 42.5. The van der Waals surface area contributed by atoms with Crippen LogP contribution in [-0.4, -0.2) is 70.7 Å². The van der Waals surface area contributed by atoms with Crippen LogP contribution in [0, 0.1) is 10.8 Å². The molecule has 20 heteroatoms. The summed E-state index contributed by atoms with van der Waals surface area (Å²) in [5.74, 6) is -1.96. The maximum atomic E-state index is 12.5. The Bertz CT molecular complexity index is 996. The number of hydrogen-bond acceptors (Lipinski definition) is 14. The maximum Gasteiger partial charge on any atom is 2.00 e. The Morgan fingerprint density at radius 1 is 0.525 bits per heavy atom. The third-order valence-electron chi connectivity index (χ3n) is 6.36. The second-order valence-corrected chi connectivity index (χ2v) is 12.6. The van der Waals surface area contributed by atoms with Gasteiger partial charge in [-0.1, -0.05) is 27.7 Å². The van der Waals surface area contributed by atoms with Gasteiger partial charge in [0.2, 0.25) is 23.6 Å². The molecular weight excluding hydrogens is 808 g/mol. The Morgan fingerprint density at radius 2 is 0.675 bits per heavy atom. The van der Waals surface area contributed by atoms with E-state index in [2.05, 4.69) is 0 Å². The van der Waals surface area contributed by atoms with E-state index in [0.29, 0.717) is 25.7 Å². The second kappa shape index (κ2) is 17.0. The SMILES string of the molecule is CCC1(CC)C(=O)N(C(=S)[S-])C(=S)N(C(=S)[S-])C1=O.CCC1(CC)C(=O)N(C(=S)[S-])C(=S)N(C(=S)[S-])C1=O.[Cu+2].[Cu+2]. The zero-order valence-electron chi connectivity index (χ0n) is 20.9. The molecule has 0 aromatic heterocycles. The van der Waals surface area contributed by atoms with Crippen LogP contribution in [0.25, 0.3) is 0 Å². The second-order valence-electron chi connectivity index (χ2n) is 7.77. The van der Waals surface area contributed by atoms with Crippen molar-refractivity contribution in [3.63, 3.8) is 0 Å². The van der Waals surface area contributed by atoms with E-state index in [-0.39, 0.29) is 61.6 Å². The van der Waals surface area contributed by atoms with Crippen molar-refractivity contribution in [1.82, 2.24) is 19.6 Å². The minimum atomic E-state index is -1.26. The number of rotatable bonds is 4. The van der Waals surface area contributed by atoms with Crippen LogP contribution in [0.1, 0.15) is 53.4 Å². The molecule has 0 unspecified atom stereocenters. The summed E-state index contributed by atoms with van der Waals surface area (Å²) >= 11 is 49.0. The van der Waals surface area contributed by atoms with Gasteiger partial charge in [0.1, 0.15) is 10.8 Å². The van der Waals surface area contributed by atoms with Crippen molar-refractivity contribution >= 4 is 175 Å². The molecule has 0 saturated carbocycles. The molecule has 2 saturated heterocycles. The van der Waals surface area contributed by atoms with E-state index in [9.17, 15) is 19.2 Å². The Labute approximate surface area is 308 Å². The average molecular weight is 828 g/mol. The number of nitrogens with zero attached hydrogens (tertiary/aromatic N) is 4. The van der Waals surface area contributed by atoms with Crippen LogP contribution < -0.4 is 0 Å². The van der Waals surface area contributed by atoms with E-state index in [4.69, 9.17) is 124 Å². The van der Waals surface area contributed by atoms with Crippen molar-refractivity contribution in [1.29, 1.82) is 0 Å². The van der Waals surface area contributed by atoms with E-state index in [1.807, 2.05) is 0 Å². The smallest absolute Gasteiger partial charge is 0.410 e. The van der Waals surface area contributed by atoms with E-state index in [1.54, 1.807) is 27.7 Å². The Kier molecular flexibility index (Phi) is 18.0. The van der Waals surface area contributed by atoms with Crippen LogP contribution in [0.4, 0.5) is 0 Å². The fourth-order valence-corrected chi connectivity index (χ4v) is 6.45. The number of carbonyl (C=O) groups excluding carboxylic acids is 4. The molecule has 0 aromatic carbocycles. The van der Waals surface area contributed by atoms with E-state index in [0.717, 1.165) is 19.6 Å². The van der Waals surface area contributed by atoms with Crippen molar-refractivity contribution in [3.8, 4) is 0 Å². The molecule has 2 aliphatic rings. The molecule has 2 rings (SSSR count). The number of amides is 4. The van der Waals surface area contributed by atoms with Gasteiger partial charge in [-0.25, -0.2) is 0 Å². The molecule has 4 amide bonds. The number of thiocarbonyl (C=S) groups is 6. The van der Waals surface area contributed by atoms with Gasteiger partial charge in [0.15, 0.2) is 10.2 Å². The van der Waals surface area contributed by atoms with Gasteiger partial charge in [-0.2, -0.15) is 0 Å². The summed E-state index contributed by atoms with van der Waals surface area (Å²) in [5.41, 5.74) is -2.51. The molecule has 0 N–H and O–H groups in total. The van der Waals surface area contributed by atoms with E-state index < -0.39 is 34.5 Å². The van der Waals surface area contributed by atoms with E-state index >= 15 is 0 Å². The van der Waals surface area contributed by atoms with Gasteiger partial charge in [-0.05, 0) is 67.4 Å². The molecule has 2 radical (unpaired) electrons. The molecule has 8 nitrogen and oxygen atoms in total. The first-order valence-corrected chi connectivity index (χ1v) is 14.9. The Hall–Kier alpha value is 0.339. The van der Waals surface area contributed by atoms with Crippen LogP contribution in [0.15, 0.2) is 0 Å². The minimum Gasteiger partial charge on any atom is -0.410 e. The molecule has 0 bridgehead atoms.